The van der Waals surface area contributed by atoms with Gasteiger partial charge >= 0.3 is 0 Å². The van der Waals surface area contributed by atoms with Crippen LogP contribution >= 0.6 is 15.9 Å². The zero-order valence-corrected chi connectivity index (χ0v) is 11.2. The zero-order valence-electron chi connectivity index (χ0n) is 9.61. The maximum atomic E-state index is 10.8. The number of hydrogen-bond donors (Lipinski definition) is 0. The first-order valence-electron chi connectivity index (χ1n) is 5.03. The second-order valence-electron chi connectivity index (χ2n) is 4.80. The highest BCUT2D eigenvalue weighted by atomic mass is 79.9. The molecule has 1 atom stereocenters. The lowest BCUT2D eigenvalue weighted by atomic mass is 9.88. The van der Waals surface area contributed by atoms with E-state index in [-0.39, 0.29) is 20.9 Å². The van der Waals surface area contributed by atoms with Crippen molar-refractivity contribution >= 4 is 21.6 Å². The molecule has 1 rings (SSSR count). The average molecular weight is 287 g/mol. The van der Waals surface area contributed by atoms with E-state index >= 15 is 0 Å². The predicted octanol–water partition coefficient (Wildman–Crippen LogP) is 3.34. The summed E-state index contributed by atoms with van der Waals surface area (Å²) >= 11 is 3.58. The third-order valence-corrected chi connectivity index (χ3v) is 4.12. The first-order chi connectivity index (χ1) is 7.32. The van der Waals surface area contributed by atoms with Crippen LogP contribution in [0.2, 0.25) is 0 Å². The summed E-state index contributed by atoms with van der Waals surface area (Å²) in [6, 6.07) is 1.71. The van der Waals surface area contributed by atoms with E-state index in [1.54, 1.807) is 12.3 Å². The summed E-state index contributed by atoms with van der Waals surface area (Å²) in [6.07, 6.45) is 3.52. The van der Waals surface area contributed by atoms with Gasteiger partial charge in [0.1, 0.15) is 6.20 Å². The van der Waals surface area contributed by atoms with Crippen LogP contribution < -0.4 is 0 Å². The van der Waals surface area contributed by atoms with Crippen molar-refractivity contribution < 1.29 is 4.92 Å². The Morgan fingerprint density at radius 3 is 2.69 bits per heavy atom. The van der Waals surface area contributed by atoms with E-state index in [9.17, 15) is 10.1 Å². The molecule has 0 N–H and O–H groups in total. The Balaban J connectivity index is 2.93. The molecule has 1 unspecified atom stereocenters. The van der Waals surface area contributed by atoms with Crippen molar-refractivity contribution in [3.05, 3.63) is 34.1 Å². The summed E-state index contributed by atoms with van der Waals surface area (Å²) in [5.74, 6) is 0. The van der Waals surface area contributed by atoms with E-state index in [4.69, 9.17) is 0 Å². The number of hydrogen-bond acceptors (Lipinski definition) is 3. The maximum absolute atomic E-state index is 10.8. The number of aromatic nitrogens is 1. The Morgan fingerprint density at radius 2 is 2.19 bits per heavy atom. The molecule has 1 aromatic rings. The van der Waals surface area contributed by atoms with Crippen molar-refractivity contribution in [3.8, 4) is 0 Å². The normalized spacial score (nSPS) is 13.5. The largest absolute Gasteiger partial charge is 0.290 e. The fourth-order valence-electron chi connectivity index (χ4n) is 1.25. The van der Waals surface area contributed by atoms with Crippen molar-refractivity contribution in [2.45, 2.75) is 32.0 Å². The van der Waals surface area contributed by atoms with Crippen molar-refractivity contribution in [2.24, 2.45) is 5.41 Å². The molecular formula is C11H15BrN2O2. The minimum Gasteiger partial charge on any atom is -0.258 e. The summed E-state index contributed by atoms with van der Waals surface area (Å²) in [5.41, 5.74) is 0.880. The molecule has 1 heterocycles. The molecule has 0 aromatic carbocycles. The van der Waals surface area contributed by atoms with Crippen LogP contribution in [-0.4, -0.2) is 14.7 Å². The SMILES string of the molecule is CC(C)(C)C(Br)Cc1ccncc1[N+](=O)[O-]. The third-order valence-electron chi connectivity index (χ3n) is 2.42. The molecule has 1 aromatic heterocycles. The van der Waals surface area contributed by atoms with Crippen LogP contribution in [0.5, 0.6) is 0 Å². The number of nitrogens with zero attached hydrogens (tertiary/aromatic N) is 2. The smallest absolute Gasteiger partial charge is 0.258 e. The monoisotopic (exact) mass is 286 g/mol. The number of nitro groups is 1. The van der Waals surface area contributed by atoms with Gasteiger partial charge in [0.05, 0.1) is 4.92 Å². The Hall–Kier alpha value is -0.970. The van der Waals surface area contributed by atoms with Crippen LogP contribution in [0.4, 0.5) is 5.69 Å². The van der Waals surface area contributed by atoms with Gasteiger partial charge in [-0.2, -0.15) is 0 Å². The Morgan fingerprint density at radius 1 is 1.56 bits per heavy atom. The van der Waals surface area contributed by atoms with Gasteiger partial charge in [-0.15, -0.1) is 0 Å². The van der Waals surface area contributed by atoms with Crippen LogP contribution in [0.1, 0.15) is 26.3 Å². The first kappa shape index (κ1) is 13.1. The average Bonchev–Trinajstić information content (AvgIpc) is 2.16. The second kappa shape index (κ2) is 4.91. The van der Waals surface area contributed by atoms with Crippen LogP contribution in [0.25, 0.3) is 0 Å². The van der Waals surface area contributed by atoms with Crippen molar-refractivity contribution in [2.75, 3.05) is 0 Å². The van der Waals surface area contributed by atoms with E-state index in [2.05, 4.69) is 41.7 Å². The molecule has 88 valence electrons. The quantitative estimate of drug-likeness (QED) is 0.486. The van der Waals surface area contributed by atoms with Crippen molar-refractivity contribution in [1.29, 1.82) is 0 Å². The lowest BCUT2D eigenvalue weighted by molar-refractivity contribution is -0.385. The highest BCUT2D eigenvalue weighted by Gasteiger charge is 2.25. The van der Waals surface area contributed by atoms with Gasteiger partial charge in [-0.25, -0.2) is 0 Å². The number of pyridine rings is 1. The molecule has 0 spiro atoms. The van der Waals surface area contributed by atoms with Gasteiger partial charge in [0.2, 0.25) is 0 Å². The number of alkyl halides is 1. The van der Waals surface area contributed by atoms with E-state index < -0.39 is 0 Å². The van der Waals surface area contributed by atoms with E-state index in [1.165, 1.54) is 6.20 Å². The lowest BCUT2D eigenvalue weighted by Crippen LogP contribution is -2.22. The fraction of sp³-hybridized carbons (Fsp3) is 0.545. The molecular weight excluding hydrogens is 272 g/mol. The molecule has 0 amide bonds. The van der Waals surface area contributed by atoms with Crippen LogP contribution in [0.15, 0.2) is 18.5 Å². The topological polar surface area (TPSA) is 56.0 Å². The van der Waals surface area contributed by atoms with Gasteiger partial charge in [-0.1, -0.05) is 36.7 Å². The van der Waals surface area contributed by atoms with E-state index in [0.717, 1.165) is 5.56 Å². The standard InChI is InChI=1S/C11H15BrN2O2/c1-11(2,3)10(12)6-8-4-5-13-7-9(8)14(15)16/h4-5,7,10H,6H2,1-3H3. The molecule has 5 heteroatoms. The van der Waals surface area contributed by atoms with Crippen LogP contribution in [-0.2, 0) is 6.42 Å². The summed E-state index contributed by atoms with van der Waals surface area (Å²) in [5, 5.41) is 10.8. The van der Waals surface area contributed by atoms with Gasteiger partial charge in [-0.05, 0) is 17.9 Å². The second-order valence-corrected chi connectivity index (χ2v) is 5.90. The lowest BCUT2D eigenvalue weighted by Gasteiger charge is -2.25. The summed E-state index contributed by atoms with van der Waals surface area (Å²) in [4.78, 5) is 14.4. The molecule has 16 heavy (non-hydrogen) atoms. The van der Waals surface area contributed by atoms with Gasteiger partial charge in [0.25, 0.3) is 5.69 Å². The Kier molecular flexibility index (Phi) is 4.02. The van der Waals surface area contributed by atoms with Gasteiger partial charge in [0.15, 0.2) is 0 Å². The minimum absolute atomic E-state index is 0.0666. The van der Waals surface area contributed by atoms with Crippen LogP contribution in [0.3, 0.4) is 0 Å². The third kappa shape index (κ3) is 3.27. The zero-order chi connectivity index (χ0) is 12.3. The Labute approximate surface area is 103 Å². The number of rotatable bonds is 3. The molecule has 4 nitrogen and oxygen atoms in total. The molecule has 0 fully saturated rings. The molecule has 0 aliphatic heterocycles. The van der Waals surface area contributed by atoms with Crippen molar-refractivity contribution in [3.63, 3.8) is 0 Å². The highest BCUT2D eigenvalue weighted by molar-refractivity contribution is 9.09. The number of halogens is 1. The molecule has 0 saturated heterocycles. The van der Waals surface area contributed by atoms with Gasteiger partial charge in [0, 0.05) is 16.6 Å². The van der Waals surface area contributed by atoms with E-state index in [0.29, 0.717) is 6.42 Å². The van der Waals surface area contributed by atoms with Crippen LogP contribution in [0, 0.1) is 15.5 Å². The molecule has 0 saturated carbocycles. The van der Waals surface area contributed by atoms with Crippen molar-refractivity contribution in [1.82, 2.24) is 4.98 Å². The van der Waals surface area contributed by atoms with Gasteiger partial charge in [-0.3, -0.25) is 15.1 Å². The van der Waals surface area contributed by atoms with E-state index in [1.807, 2.05) is 0 Å². The molecule has 0 aliphatic rings. The minimum atomic E-state index is -0.384. The highest BCUT2D eigenvalue weighted by Crippen LogP contribution is 2.31. The molecule has 0 bridgehead atoms. The maximum Gasteiger partial charge on any atom is 0.290 e. The first-order valence-corrected chi connectivity index (χ1v) is 5.95. The van der Waals surface area contributed by atoms with Gasteiger partial charge < -0.3 is 0 Å². The Bertz CT molecular complexity index is 388. The summed E-state index contributed by atoms with van der Waals surface area (Å²) in [7, 11) is 0. The molecule has 0 aliphatic carbocycles. The predicted molar refractivity (Wildman–Crippen MR) is 66.8 cm³/mol. The fourth-order valence-corrected chi connectivity index (χ4v) is 1.60. The summed E-state index contributed by atoms with van der Waals surface area (Å²) < 4.78 is 0. The molecule has 0 radical (unpaired) electrons. The summed E-state index contributed by atoms with van der Waals surface area (Å²) in [6.45, 7) is 6.29.